The van der Waals surface area contributed by atoms with Crippen molar-refractivity contribution < 1.29 is 5.11 Å². The zero-order valence-corrected chi connectivity index (χ0v) is 20.3. The Morgan fingerprint density at radius 3 is 2.93 bits per heavy atom. The smallest absolute Gasteiger partial charge is 0.191 e. The number of rotatable bonds is 4. The van der Waals surface area contributed by atoms with Crippen LogP contribution in [0.4, 0.5) is 5.82 Å². The van der Waals surface area contributed by atoms with Gasteiger partial charge in [0.05, 0.1) is 5.02 Å². The number of fused-ring (bicyclic) bond motifs is 1. The van der Waals surface area contributed by atoms with Crippen molar-refractivity contribution in [3.05, 3.63) is 52.2 Å². The van der Waals surface area contributed by atoms with Gasteiger partial charge in [-0.3, -0.25) is 4.99 Å². The van der Waals surface area contributed by atoms with Gasteiger partial charge in [0.2, 0.25) is 0 Å². The van der Waals surface area contributed by atoms with Crippen LogP contribution in [0, 0.1) is 0 Å². The lowest BCUT2D eigenvalue weighted by molar-refractivity contribution is 0.464. The first-order chi connectivity index (χ1) is 14.2. The van der Waals surface area contributed by atoms with Gasteiger partial charge in [0, 0.05) is 44.5 Å². The Kier molecular flexibility index (Phi) is 8.05. The van der Waals surface area contributed by atoms with E-state index in [1.54, 1.807) is 13.2 Å². The Bertz CT molecular complexity index is 907. The quantitative estimate of drug-likeness (QED) is 0.311. The molecule has 1 aromatic carbocycles. The molecule has 0 saturated carbocycles. The summed E-state index contributed by atoms with van der Waals surface area (Å²) in [4.78, 5) is 11.0. The predicted octanol–water partition coefficient (Wildman–Crippen LogP) is 3.88. The van der Waals surface area contributed by atoms with Crippen LogP contribution in [-0.4, -0.2) is 42.2 Å². The monoisotopic (exact) mass is 541 g/mol. The molecule has 1 atom stereocenters. The van der Waals surface area contributed by atoms with E-state index in [9.17, 15) is 5.11 Å². The summed E-state index contributed by atoms with van der Waals surface area (Å²) in [6.07, 6.45) is 7.31. The number of guanidine groups is 1. The number of benzene rings is 1. The molecule has 0 radical (unpaired) electrons. The molecular formula is C22H29ClIN5O. The summed E-state index contributed by atoms with van der Waals surface area (Å²) in [6, 6.07) is 7.87. The van der Waals surface area contributed by atoms with Gasteiger partial charge in [-0.1, -0.05) is 17.7 Å². The van der Waals surface area contributed by atoms with Crippen LogP contribution < -0.4 is 15.5 Å². The van der Waals surface area contributed by atoms with Crippen LogP contribution in [0.25, 0.3) is 0 Å². The summed E-state index contributed by atoms with van der Waals surface area (Å²) in [5, 5.41) is 18.0. The van der Waals surface area contributed by atoms with E-state index in [0.29, 0.717) is 17.3 Å². The van der Waals surface area contributed by atoms with E-state index in [1.165, 1.54) is 24.0 Å². The number of pyridine rings is 1. The van der Waals surface area contributed by atoms with Gasteiger partial charge in [0.25, 0.3) is 0 Å². The van der Waals surface area contributed by atoms with Crippen molar-refractivity contribution in [3.8, 4) is 5.75 Å². The zero-order valence-electron chi connectivity index (χ0n) is 17.2. The first-order valence-electron chi connectivity index (χ1n) is 10.3. The first-order valence-corrected chi connectivity index (χ1v) is 10.7. The molecule has 1 unspecified atom stereocenters. The standard InChI is InChI=1S/C22H28ClN5O.HI/c1-24-22(26-13-18-17-6-3-2-5-15(17)8-9-20(18)29)27-16-10-12-28(14-16)21-19(23)7-4-11-25-21;/h4,7-9,11,16,29H,2-3,5-6,10,12-14H2,1H3,(H2,24,26,27);1H. The topological polar surface area (TPSA) is 72.8 Å². The van der Waals surface area contributed by atoms with E-state index in [0.717, 1.165) is 49.7 Å². The normalized spacial score (nSPS) is 18.5. The number of halogens is 2. The molecule has 0 spiro atoms. The van der Waals surface area contributed by atoms with E-state index < -0.39 is 0 Å². The van der Waals surface area contributed by atoms with Gasteiger partial charge in [0.1, 0.15) is 11.6 Å². The molecule has 1 aromatic heterocycles. The zero-order chi connectivity index (χ0) is 20.2. The van der Waals surface area contributed by atoms with E-state index in [2.05, 4.69) is 31.6 Å². The van der Waals surface area contributed by atoms with E-state index in [-0.39, 0.29) is 30.0 Å². The molecule has 0 bridgehead atoms. The van der Waals surface area contributed by atoms with E-state index in [4.69, 9.17) is 11.6 Å². The third-order valence-electron chi connectivity index (χ3n) is 5.85. The lowest BCUT2D eigenvalue weighted by Crippen LogP contribution is -2.44. The van der Waals surface area contributed by atoms with Crippen molar-refractivity contribution in [1.29, 1.82) is 0 Å². The van der Waals surface area contributed by atoms with Gasteiger partial charge in [-0.25, -0.2) is 4.98 Å². The van der Waals surface area contributed by atoms with Crippen LogP contribution in [-0.2, 0) is 19.4 Å². The van der Waals surface area contributed by atoms with Crippen molar-refractivity contribution in [2.24, 2.45) is 4.99 Å². The highest BCUT2D eigenvalue weighted by atomic mass is 127. The highest BCUT2D eigenvalue weighted by molar-refractivity contribution is 14.0. The molecule has 1 aliphatic carbocycles. The lowest BCUT2D eigenvalue weighted by Gasteiger charge is -2.23. The summed E-state index contributed by atoms with van der Waals surface area (Å²) in [7, 11) is 1.78. The van der Waals surface area contributed by atoms with Crippen LogP contribution in [0.2, 0.25) is 5.02 Å². The third-order valence-corrected chi connectivity index (χ3v) is 6.15. The van der Waals surface area contributed by atoms with Crippen molar-refractivity contribution in [3.63, 3.8) is 0 Å². The second-order valence-corrected chi connectivity index (χ2v) is 8.13. The number of nitrogens with zero attached hydrogens (tertiary/aromatic N) is 3. The molecule has 2 heterocycles. The lowest BCUT2D eigenvalue weighted by atomic mass is 9.88. The third kappa shape index (κ3) is 5.11. The minimum Gasteiger partial charge on any atom is -0.508 e. The number of phenolic OH excluding ortho intramolecular Hbond substituents is 1. The minimum atomic E-state index is 0. The highest BCUT2D eigenvalue weighted by Gasteiger charge is 2.25. The van der Waals surface area contributed by atoms with Crippen molar-refractivity contribution in [1.82, 2.24) is 15.6 Å². The van der Waals surface area contributed by atoms with Crippen LogP contribution in [0.3, 0.4) is 0 Å². The Balaban J connectivity index is 0.00000256. The average Bonchev–Trinajstić information content (AvgIpc) is 3.20. The maximum absolute atomic E-state index is 10.4. The molecule has 4 rings (SSSR count). The maximum Gasteiger partial charge on any atom is 0.191 e. The largest absolute Gasteiger partial charge is 0.508 e. The number of anilines is 1. The SMILES string of the molecule is CN=C(NCc1c(O)ccc2c1CCCC2)NC1CCN(c2ncccc2Cl)C1.I. The molecule has 30 heavy (non-hydrogen) atoms. The Labute approximate surface area is 200 Å². The molecule has 6 nitrogen and oxygen atoms in total. The fourth-order valence-corrected chi connectivity index (χ4v) is 4.57. The molecule has 1 saturated heterocycles. The Morgan fingerprint density at radius 2 is 2.13 bits per heavy atom. The van der Waals surface area contributed by atoms with Gasteiger partial charge in [0.15, 0.2) is 5.96 Å². The average molecular weight is 542 g/mol. The second kappa shape index (κ2) is 10.5. The number of aliphatic imine (C=N–C) groups is 1. The van der Waals surface area contributed by atoms with Gasteiger partial charge >= 0.3 is 0 Å². The van der Waals surface area contributed by atoms with Crippen LogP contribution in [0.5, 0.6) is 5.75 Å². The summed E-state index contributed by atoms with van der Waals surface area (Å²) < 4.78 is 0. The number of phenols is 1. The first kappa shape index (κ1) is 22.9. The fourth-order valence-electron chi connectivity index (χ4n) is 4.33. The molecule has 8 heteroatoms. The number of aromatic nitrogens is 1. The summed E-state index contributed by atoms with van der Waals surface area (Å²) in [5.74, 6) is 1.95. The minimum absolute atomic E-state index is 0. The second-order valence-electron chi connectivity index (χ2n) is 7.72. The molecule has 2 aromatic rings. The van der Waals surface area contributed by atoms with Crippen LogP contribution in [0.15, 0.2) is 35.5 Å². The number of aromatic hydroxyl groups is 1. The summed E-state index contributed by atoms with van der Waals surface area (Å²) in [6.45, 7) is 2.29. The number of hydrogen-bond acceptors (Lipinski definition) is 4. The maximum atomic E-state index is 10.4. The van der Waals surface area contributed by atoms with Crippen LogP contribution in [0.1, 0.15) is 36.0 Å². The molecule has 0 amide bonds. The van der Waals surface area contributed by atoms with Crippen molar-refractivity contribution in [2.75, 3.05) is 25.0 Å². The fraction of sp³-hybridized carbons (Fsp3) is 0.455. The molecule has 162 valence electrons. The van der Waals surface area contributed by atoms with E-state index >= 15 is 0 Å². The molecule has 3 N–H and O–H groups in total. The van der Waals surface area contributed by atoms with Gasteiger partial charge in [-0.2, -0.15) is 0 Å². The van der Waals surface area contributed by atoms with Crippen molar-refractivity contribution in [2.45, 2.75) is 44.7 Å². The molecule has 1 aliphatic heterocycles. The highest BCUT2D eigenvalue weighted by Crippen LogP contribution is 2.30. The van der Waals surface area contributed by atoms with Gasteiger partial charge in [-0.05, 0) is 61.4 Å². The van der Waals surface area contributed by atoms with Crippen LogP contribution >= 0.6 is 35.6 Å². The number of aryl methyl sites for hydroxylation is 1. The molecular weight excluding hydrogens is 513 g/mol. The number of hydrogen-bond donors (Lipinski definition) is 3. The molecule has 2 aliphatic rings. The van der Waals surface area contributed by atoms with Gasteiger partial charge < -0.3 is 20.6 Å². The predicted molar refractivity (Wildman–Crippen MR) is 133 cm³/mol. The summed E-state index contributed by atoms with van der Waals surface area (Å²) in [5.41, 5.74) is 3.67. The van der Waals surface area contributed by atoms with E-state index in [1.807, 2.05) is 18.2 Å². The summed E-state index contributed by atoms with van der Waals surface area (Å²) >= 11 is 6.29. The molecule has 1 fully saturated rings. The Hall–Kier alpha value is -1.74. The number of nitrogens with one attached hydrogen (secondary N) is 2. The van der Waals surface area contributed by atoms with Gasteiger partial charge in [-0.15, -0.1) is 24.0 Å². The van der Waals surface area contributed by atoms with Crippen molar-refractivity contribution >= 4 is 47.4 Å². The Morgan fingerprint density at radius 1 is 1.30 bits per heavy atom.